The summed E-state index contributed by atoms with van der Waals surface area (Å²) in [6, 6.07) is 9.44. The zero-order valence-electron chi connectivity index (χ0n) is 7.43. The highest BCUT2D eigenvalue weighted by molar-refractivity contribution is 6.18. The predicted octanol–water partition coefficient (Wildman–Crippen LogP) is 1.39. The van der Waals surface area contributed by atoms with Crippen LogP contribution in [0.2, 0.25) is 0 Å². The van der Waals surface area contributed by atoms with Gasteiger partial charge < -0.3 is 9.84 Å². The van der Waals surface area contributed by atoms with Gasteiger partial charge in [-0.15, -0.1) is 11.6 Å². The first kappa shape index (κ1) is 9.65. The minimum Gasteiger partial charge on any atom is -0.363 e. The minimum absolute atomic E-state index is 0.257. The van der Waals surface area contributed by atoms with Crippen LogP contribution in [0, 0.1) is 0 Å². The molecule has 0 saturated carbocycles. The van der Waals surface area contributed by atoms with Crippen molar-refractivity contribution < 1.29 is 9.84 Å². The van der Waals surface area contributed by atoms with Crippen molar-refractivity contribution in [1.29, 1.82) is 0 Å². The summed E-state index contributed by atoms with van der Waals surface area (Å²) < 4.78 is 5.10. The number of alkyl halides is 1. The largest absolute Gasteiger partial charge is 0.363 e. The highest BCUT2D eigenvalue weighted by Crippen LogP contribution is 2.17. The third-order valence-corrected chi connectivity index (χ3v) is 2.27. The second kappa shape index (κ2) is 4.09. The third-order valence-electron chi connectivity index (χ3n) is 2.00. The molecule has 0 fully saturated rings. The zero-order valence-corrected chi connectivity index (χ0v) is 8.19. The number of aliphatic hydroxyl groups excluding tert-OH is 1. The first-order chi connectivity index (χ1) is 6.81. The van der Waals surface area contributed by atoms with Crippen molar-refractivity contribution in [2.24, 2.45) is 4.99 Å². The molecule has 3 nitrogen and oxygen atoms in total. The molecule has 0 amide bonds. The van der Waals surface area contributed by atoms with Gasteiger partial charge in [-0.05, 0) is 0 Å². The van der Waals surface area contributed by atoms with Crippen molar-refractivity contribution in [1.82, 2.24) is 0 Å². The van der Waals surface area contributed by atoms with E-state index in [1.165, 1.54) is 0 Å². The summed E-state index contributed by atoms with van der Waals surface area (Å²) in [6.45, 7) is 0. The molecule has 0 radical (unpaired) electrons. The van der Waals surface area contributed by atoms with Crippen molar-refractivity contribution in [2.75, 3.05) is 5.88 Å². The highest BCUT2D eigenvalue weighted by atomic mass is 35.5. The van der Waals surface area contributed by atoms with Crippen LogP contribution in [0.4, 0.5) is 0 Å². The Hall–Kier alpha value is -0.900. The number of hydrogen-bond donors (Lipinski definition) is 1. The van der Waals surface area contributed by atoms with Gasteiger partial charge in [0.05, 0.1) is 5.88 Å². The highest BCUT2D eigenvalue weighted by Gasteiger charge is 2.26. The molecule has 0 saturated heterocycles. The van der Waals surface area contributed by atoms with Gasteiger partial charge in [-0.2, -0.15) is 0 Å². The summed E-state index contributed by atoms with van der Waals surface area (Å²) in [5.74, 6) is 0.257. The SMILES string of the molecule is OC1OC(CCl)N=C1c1ccccc1. The van der Waals surface area contributed by atoms with Gasteiger partial charge in [0.15, 0.2) is 6.23 Å². The lowest BCUT2D eigenvalue weighted by molar-refractivity contribution is -0.0629. The molecule has 0 aliphatic carbocycles. The zero-order chi connectivity index (χ0) is 9.97. The molecule has 1 aromatic carbocycles. The molecule has 1 aromatic rings. The average molecular weight is 212 g/mol. The van der Waals surface area contributed by atoms with Crippen molar-refractivity contribution in [3.8, 4) is 0 Å². The number of nitrogens with zero attached hydrogens (tertiary/aromatic N) is 1. The van der Waals surface area contributed by atoms with Gasteiger partial charge in [-0.25, -0.2) is 0 Å². The van der Waals surface area contributed by atoms with Gasteiger partial charge in [0.2, 0.25) is 6.29 Å². The van der Waals surface area contributed by atoms with E-state index in [1.54, 1.807) is 0 Å². The molecule has 4 heteroatoms. The summed E-state index contributed by atoms with van der Waals surface area (Å²) in [5.41, 5.74) is 1.42. The van der Waals surface area contributed by atoms with Crippen LogP contribution in [0.5, 0.6) is 0 Å². The van der Waals surface area contributed by atoms with Crippen molar-refractivity contribution >= 4 is 17.3 Å². The van der Waals surface area contributed by atoms with Crippen LogP contribution in [0.25, 0.3) is 0 Å². The fourth-order valence-corrected chi connectivity index (χ4v) is 1.50. The molecule has 1 aliphatic heterocycles. The molecule has 1 aliphatic rings. The monoisotopic (exact) mass is 211 g/mol. The van der Waals surface area contributed by atoms with Crippen LogP contribution in [-0.2, 0) is 4.74 Å². The second-order valence-electron chi connectivity index (χ2n) is 2.98. The van der Waals surface area contributed by atoms with Crippen LogP contribution in [0.15, 0.2) is 35.3 Å². The van der Waals surface area contributed by atoms with Crippen LogP contribution in [0.1, 0.15) is 5.56 Å². The number of ether oxygens (including phenoxy) is 1. The van der Waals surface area contributed by atoms with Gasteiger partial charge >= 0.3 is 0 Å². The lowest BCUT2D eigenvalue weighted by Crippen LogP contribution is -2.20. The maximum atomic E-state index is 9.53. The van der Waals surface area contributed by atoms with E-state index >= 15 is 0 Å². The summed E-state index contributed by atoms with van der Waals surface area (Å²) in [4.78, 5) is 4.17. The van der Waals surface area contributed by atoms with E-state index in [0.717, 1.165) is 5.56 Å². The van der Waals surface area contributed by atoms with Crippen molar-refractivity contribution in [3.63, 3.8) is 0 Å². The Morgan fingerprint density at radius 3 is 2.64 bits per heavy atom. The minimum atomic E-state index is -0.957. The summed E-state index contributed by atoms with van der Waals surface area (Å²) in [7, 11) is 0. The van der Waals surface area contributed by atoms with Gasteiger partial charge in [-0.3, -0.25) is 4.99 Å². The normalized spacial score (nSPS) is 26.3. The molecule has 1 heterocycles. The molecule has 2 unspecified atom stereocenters. The molecule has 0 bridgehead atoms. The maximum Gasteiger partial charge on any atom is 0.201 e. The molecular weight excluding hydrogens is 202 g/mol. The Morgan fingerprint density at radius 2 is 2.07 bits per heavy atom. The smallest absolute Gasteiger partial charge is 0.201 e. The molecule has 74 valence electrons. The predicted molar refractivity (Wildman–Crippen MR) is 54.6 cm³/mol. The summed E-state index contributed by atoms with van der Waals surface area (Å²) in [6.07, 6.45) is -1.39. The number of aliphatic hydroxyl groups is 1. The van der Waals surface area contributed by atoms with Crippen LogP contribution < -0.4 is 0 Å². The van der Waals surface area contributed by atoms with E-state index in [1.807, 2.05) is 30.3 Å². The topological polar surface area (TPSA) is 41.8 Å². The van der Waals surface area contributed by atoms with Crippen LogP contribution in [-0.4, -0.2) is 29.2 Å². The van der Waals surface area contributed by atoms with E-state index in [4.69, 9.17) is 16.3 Å². The van der Waals surface area contributed by atoms with Crippen molar-refractivity contribution in [3.05, 3.63) is 35.9 Å². The first-order valence-electron chi connectivity index (χ1n) is 4.34. The molecule has 14 heavy (non-hydrogen) atoms. The first-order valence-corrected chi connectivity index (χ1v) is 4.87. The third kappa shape index (κ3) is 1.80. The average Bonchev–Trinajstić information content (AvgIpc) is 2.61. The van der Waals surface area contributed by atoms with E-state index < -0.39 is 12.5 Å². The van der Waals surface area contributed by atoms with E-state index in [9.17, 15) is 5.11 Å². The van der Waals surface area contributed by atoms with E-state index in [0.29, 0.717) is 5.71 Å². The maximum absolute atomic E-state index is 9.53. The fourth-order valence-electron chi connectivity index (χ4n) is 1.36. The fraction of sp³-hybridized carbons (Fsp3) is 0.300. The van der Waals surface area contributed by atoms with Gasteiger partial charge in [-0.1, -0.05) is 30.3 Å². The number of rotatable bonds is 2. The van der Waals surface area contributed by atoms with Gasteiger partial charge in [0.25, 0.3) is 0 Å². The molecule has 1 N–H and O–H groups in total. The Kier molecular flexibility index (Phi) is 2.82. The van der Waals surface area contributed by atoms with Gasteiger partial charge in [0, 0.05) is 5.56 Å². The number of benzene rings is 1. The Bertz CT molecular complexity index is 339. The van der Waals surface area contributed by atoms with Crippen LogP contribution in [0.3, 0.4) is 0 Å². The standard InChI is InChI=1S/C10H10ClNO2/c11-6-8-12-9(10(13)14-8)7-4-2-1-3-5-7/h1-5,8,10,13H,6H2. The molecule has 0 spiro atoms. The number of hydrogen-bond acceptors (Lipinski definition) is 3. The Morgan fingerprint density at radius 1 is 1.36 bits per heavy atom. The lowest BCUT2D eigenvalue weighted by atomic mass is 10.1. The van der Waals surface area contributed by atoms with E-state index in [-0.39, 0.29) is 5.88 Å². The van der Waals surface area contributed by atoms with Gasteiger partial charge in [0.1, 0.15) is 5.71 Å². The molecule has 2 atom stereocenters. The van der Waals surface area contributed by atoms with Crippen LogP contribution >= 0.6 is 11.6 Å². The Balaban J connectivity index is 2.27. The second-order valence-corrected chi connectivity index (χ2v) is 3.29. The van der Waals surface area contributed by atoms with Crippen molar-refractivity contribution in [2.45, 2.75) is 12.5 Å². The summed E-state index contributed by atoms with van der Waals surface area (Å²) >= 11 is 5.58. The number of halogens is 1. The summed E-state index contributed by atoms with van der Waals surface area (Å²) in [5, 5.41) is 9.53. The molecule has 2 rings (SSSR count). The molecular formula is C10H10ClNO2. The molecule has 0 aromatic heterocycles. The quantitative estimate of drug-likeness (QED) is 0.752. The number of aliphatic imine (C=N–C) groups is 1. The Labute approximate surface area is 87.0 Å². The van der Waals surface area contributed by atoms with E-state index in [2.05, 4.69) is 4.99 Å². The lowest BCUT2D eigenvalue weighted by Gasteiger charge is -2.06.